The first-order valence-corrected chi connectivity index (χ1v) is 7.41. The number of anilines is 1. The van der Waals surface area contributed by atoms with Crippen LogP contribution >= 0.6 is 12.2 Å². The Bertz CT molecular complexity index is 686. The number of carbonyl (C=O) groups is 1. The van der Waals surface area contributed by atoms with Crippen LogP contribution in [0.1, 0.15) is 22.8 Å². The van der Waals surface area contributed by atoms with E-state index in [4.69, 9.17) is 17.0 Å². The molecular formula is C17H18N2O2S. The van der Waals surface area contributed by atoms with Gasteiger partial charge in [-0.1, -0.05) is 23.8 Å². The highest BCUT2D eigenvalue weighted by atomic mass is 32.1. The molecule has 0 aliphatic rings. The molecular weight excluding hydrogens is 296 g/mol. The number of thiocarbonyl (C=S) groups is 1. The monoisotopic (exact) mass is 314 g/mol. The van der Waals surface area contributed by atoms with Gasteiger partial charge in [0.2, 0.25) is 0 Å². The Morgan fingerprint density at radius 2 is 1.95 bits per heavy atom. The largest absolute Gasteiger partial charge is 0.494 e. The molecule has 0 spiro atoms. The number of nitrogens with one attached hydrogen (secondary N) is 2. The predicted octanol–water partition coefficient (Wildman–Crippen LogP) is 3.52. The average Bonchev–Trinajstić information content (AvgIpc) is 2.47. The Labute approximate surface area is 135 Å². The van der Waals surface area contributed by atoms with Crippen molar-refractivity contribution in [3.63, 3.8) is 0 Å². The zero-order chi connectivity index (χ0) is 15.9. The van der Waals surface area contributed by atoms with Crippen molar-refractivity contribution in [2.45, 2.75) is 13.8 Å². The van der Waals surface area contributed by atoms with Crippen molar-refractivity contribution >= 4 is 28.9 Å². The number of ether oxygens (including phenoxy) is 1. The molecule has 22 heavy (non-hydrogen) atoms. The van der Waals surface area contributed by atoms with Crippen molar-refractivity contribution in [1.29, 1.82) is 0 Å². The maximum absolute atomic E-state index is 12.1. The molecule has 5 heteroatoms. The van der Waals surface area contributed by atoms with E-state index in [-0.39, 0.29) is 11.0 Å². The Morgan fingerprint density at radius 3 is 2.68 bits per heavy atom. The van der Waals surface area contributed by atoms with E-state index in [0.29, 0.717) is 12.2 Å². The third-order valence-electron chi connectivity index (χ3n) is 2.91. The van der Waals surface area contributed by atoms with Gasteiger partial charge in [-0.3, -0.25) is 10.1 Å². The molecule has 0 unspecified atom stereocenters. The Morgan fingerprint density at radius 1 is 1.18 bits per heavy atom. The highest BCUT2D eigenvalue weighted by Crippen LogP contribution is 2.17. The van der Waals surface area contributed by atoms with Crippen LogP contribution in [-0.4, -0.2) is 17.6 Å². The Balaban J connectivity index is 1.98. The van der Waals surface area contributed by atoms with Gasteiger partial charge >= 0.3 is 0 Å². The van der Waals surface area contributed by atoms with Crippen LogP contribution in [0.25, 0.3) is 0 Å². The fourth-order valence-electron chi connectivity index (χ4n) is 1.95. The molecule has 0 bridgehead atoms. The quantitative estimate of drug-likeness (QED) is 0.848. The van der Waals surface area contributed by atoms with E-state index < -0.39 is 0 Å². The third-order valence-corrected chi connectivity index (χ3v) is 3.11. The molecule has 2 aromatic carbocycles. The predicted molar refractivity (Wildman–Crippen MR) is 92.5 cm³/mol. The lowest BCUT2D eigenvalue weighted by Gasteiger charge is -2.11. The smallest absolute Gasteiger partial charge is 0.257 e. The number of carbonyl (C=O) groups excluding carboxylic acids is 1. The van der Waals surface area contributed by atoms with E-state index in [1.165, 1.54) is 0 Å². The van der Waals surface area contributed by atoms with Crippen LogP contribution in [0.2, 0.25) is 0 Å². The van der Waals surface area contributed by atoms with E-state index >= 15 is 0 Å². The van der Waals surface area contributed by atoms with Crippen LogP contribution in [0.5, 0.6) is 5.75 Å². The van der Waals surface area contributed by atoms with Gasteiger partial charge in [-0.25, -0.2) is 0 Å². The van der Waals surface area contributed by atoms with E-state index in [0.717, 1.165) is 17.0 Å². The molecule has 0 saturated carbocycles. The van der Waals surface area contributed by atoms with E-state index in [9.17, 15) is 4.79 Å². The van der Waals surface area contributed by atoms with Crippen LogP contribution in [-0.2, 0) is 0 Å². The van der Waals surface area contributed by atoms with Crippen LogP contribution < -0.4 is 15.4 Å². The fourth-order valence-corrected chi connectivity index (χ4v) is 2.16. The van der Waals surface area contributed by atoms with Gasteiger partial charge in [-0.05, 0) is 50.3 Å². The first-order chi connectivity index (χ1) is 10.6. The van der Waals surface area contributed by atoms with Crippen molar-refractivity contribution in [2.75, 3.05) is 11.9 Å². The molecule has 1 amide bonds. The minimum atomic E-state index is -0.234. The molecule has 0 heterocycles. The van der Waals surface area contributed by atoms with Crippen LogP contribution in [0.3, 0.4) is 0 Å². The lowest BCUT2D eigenvalue weighted by Crippen LogP contribution is -2.34. The molecule has 0 fully saturated rings. The normalized spacial score (nSPS) is 9.91. The van der Waals surface area contributed by atoms with Gasteiger partial charge in [-0.2, -0.15) is 0 Å². The number of benzene rings is 2. The topological polar surface area (TPSA) is 50.4 Å². The second kappa shape index (κ2) is 7.56. The number of amides is 1. The van der Waals surface area contributed by atoms with Crippen LogP contribution in [0.4, 0.5) is 5.69 Å². The number of aryl methyl sites for hydroxylation is 1. The maximum atomic E-state index is 12.1. The lowest BCUT2D eigenvalue weighted by molar-refractivity contribution is 0.0977. The van der Waals surface area contributed by atoms with Gasteiger partial charge in [0.15, 0.2) is 5.11 Å². The second-order valence-corrected chi connectivity index (χ2v) is 5.15. The van der Waals surface area contributed by atoms with Crippen LogP contribution in [0, 0.1) is 6.92 Å². The van der Waals surface area contributed by atoms with Gasteiger partial charge in [0.05, 0.1) is 6.61 Å². The summed E-state index contributed by atoms with van der Waals surface area (Å²) >= 11 is 5.17. The Kier molecular flexibility index (Phi) is 5.49. The summed E-state index contributed by atoms with van der Waals surface area (Å²) < 4.78 is 5.42. The summed E-state index contributed by atoms with van der Waals surface area (Å²) in [4.78, 5) is 12.1. The summed E-state index contributed by atoms with van der Waals surface area (Å²) in [6, 6.07) is 14.7. The van der Waals surface area contributed by atoms with Crippen molar-refractivity contribution < 1.29 is 9.53 Å². The van der Waals surface area contributed by atoms with Crippen molar-refractivity contribution in [3.05, 3.63) is 59.7 Å². The zero-order valence-corrected chi connectivity index (χ0v) is 13.4. The van der Waals surface area contributed by atoms with Gasteiger partial charge in [-0.15, -0.1) is 0 Å². The van der Waals surface area contributed by atoms with Crippen molar-refractivity contribution in [2.24, 2.45) is 0 Å². The molecule has 2 rings (SSSR count). The summed E-state index contributed by atoms with van der Waals surface area (Å²) in [5.74, 6) is 0.516. The van der Waals surface area contributed by atoms with Gasteiger partial charge in [0, 0.05) is 17.3 Å². The van der Waals surface area contributed by atoms with E-state index in [2.05, 4.69) is 10.6 Å². The van der Waals surface area contributed by atoms with Crippen molar-refractivity contribution in [1.82, 2.24) is 5.32 Å². The third kappa shape index (κ3) is 4.56. The average molecular weight is 314 g/mol. The summed E-state index contributed by atoms with van der Waals surface area (Å²) in [5, 5.41) is 5.89. The van der Waals surface area contributed by atoms with Crippen LogP contribution in [0.15, 0.2) is 48.5 Å². The van der Waals surface area contributed by atoms with Gasteiger partial charge in [0.1, 0.15) is 5.75 Å². The standard InChI is InChI=1S/C17H18N2O2S/c1-3-21-15-9-5-8-14(11-15)18-17(22)19-16(20)13-7-4-6-12(2)10-13/h4-11H,3H2,1-2H3,(H2,18,19,20,22). The summed E-state index contributed by atoms with van der Waals surface area (Å²) in [7, 11) is 0. The molecule has 0 aromatic heterocycles. The van der Waals surface area contributed by atoms with Crippen molar-refractivity contribution in [3.8, 4) is 5.75 Å². The van der Waals surface area contributed by atoms with E-state index in [1.54, 1.807) is 6.07 Å². The first kappa shape index (κ1) is 16.0. The molecule has 0 radical (unpaired) electrons. The lowest BCUT2D eigenvalue weighted by atomic mass is 10.1. The molecule has 2 aromatic rings. The minimum Gasteiger partial charge on any atom is -0.494 e. The number of rotatable bonds is 4. The Hall–Kier alpha value is -2.40. The number of hydrogen-bond donors (Lipinski definition) is 2. The highest BCUT2D eigenvalue weighted by Gasteiger charge is 2.08. The fraction of sp³-hybridized carbons (Fsp3) is 0.176. The molecule has 0 aliphatic carbocycles. The second-order valence-electron chi connectivity index (χ2n) is 4.74. The maximum Gasteiger partial charge on any atom is 0.257 e. The summed E-state index contributed by atoms with van der Waals surface area (Å²) in [6.07, 6.45) is 0. The highest BCUT2D eigenvalue weighted by molar-refractivity contribution is 7.80. The zero-order valence-electron chi connectivity index (χ0n) is 12.6. The molecule has 0 aliphatic heterocycles. The minimum absolute atomic E-state index is 0.234. The number of hydrogen-bond acceptors (Lipinski definition) is 3. The molecule has 2 N–H and O–H groups in total. The molecule has 0 atom stereocenters. The summed E-state index contributed by atoms with van der Waals surface area (Å²) in [6.45, 7) is 4.46. The molecule has 4 nitrogen and oxygen atoms in total. The molecule has 114 valence electrons. The van der Waals surface area contributed by atoms with Gasteiger partial charge < -0.3 is 10.1 Å². The summed E-state index contributed by atoms with van der Waals surface area (Å²) in [5.41, 5.74) is 2.36. The SMILES string of the molecule is CCOc1cccc(NC(=S)NC(=O)c2cccc(C)c2)c1. The molecule has 0 saturated heterocycles. The first-order valence-electron chi connectivity index (χ1n) is 7.00. The van der Waals surface area contributed by atoms with E-state index in [1.807, 2.05) is 56.3 Å². The van der Waals surface area contributed by atoms with Gasteiger partial charge in [0.25, 0.3) is 5.91 Å².